The van der Waals surface area contributed by atoms with Gasteiger partial charge in [0.2, 0.25) is 0 Å². The van der Waals surface area contributed by atoms with Gasteiger partial charge in [0.1, 0.15) is 11.6 Å². The Morgan fingerprint density at radius 2 is 1.50 bits per heavy atom. The monoisotopic (exact) mass is 141 g/mol. The van der Waals surface area contributed by atoms with E-state index in [1.807, 2.05) is 0 Å². The van der Waals surface area contributed by atoms with Gasteiger partial charge in [-0.05, 0) is 12.1 Å². The van der Waals surface area contributed by atoms with E-state index in [1.54, 1.807) is 0 Å². The van der Waals surface area contributed by atoms with E-state index in [2.05, 4.69) is 6.57 Å². The van der Waals surface area contributed by atoms with Crippen LogP contribution >= 0.6 is 0 Å². The molecular formula is C7H5F2N. The van der Waals surface area contributed by atoms with Crippen LogP contribution < -0.4 is 0 Å². The maximum absolute atomic E-state index is 11.9. The predicted molar refractivity (Wildman–Crippen MR) is 33.0 cm³/mol. The Bertz CT molecular complexity index is 203. The molecule has 0 atom stereocenters. The lowest BCUT2D eigenvalue weighted by molar-refractivity contribution is 0.583. The second kappa shape index (κ2) is 4.45. The third-order valence-electron chi connectivity index (χ3n) is 0.787. The van der Waals surface area contributed by atoms with Crippen molar-refractivity contribution < 1.29 is 8.78 Å². The van der Waals surface area contributed by atoms with Gasteiger partial charge in [-0.3, -0.25) is 0 Å². The zero-order chi connectivity index (χ0) is 7.98. The van der Waals surface area contributed by atoms with Crippen LogP contribution in [0.1, 0.15) is 0 Å². The van der Waals surface area contributed by atoms with Crippen molar-refractivity contribution in [2.75, 3.05) is 0 Å². The van der Waals surface area contributed by atoms with E-state index in [1.165, 1.54) is 18.2 Å². The summed E-state index contributed by atoms with van der Waals surface area (Å²) in [6.07, 6.45) is 0. The molecule has 3 heteroatoms. The van der Waals surface area contributed by atoms with E-state index in [-0.39, 0.29) is 0 Å². The minimum atomic E-state index is -0.537. The second-order valence-corrected chi connectivity index (χ2v) is 1.44. The molecule has 0 bridgehead atoms. The molecule has 0 spiro atoms. The molecule has 0 N–H and O–H groups in total. The van der Waals surface area contributed by atoms with E-state index >= 15 is 0 Å². The number of rotatable bonds is 0. The average Bonchev–Trinajstić information content (AvgIpc) is 1.91. The average molecular weight is 141 g/mol. The Labute approximate surface area is 57.5 Å². The van der Waals surface area contributed by atoms with E-state index in [4.69, 9.17) is 5.26 Å². The largest absolute Gasteiger partial charge is 0.207 e. The summed E-state index contributed by atoms with van der Waals surface area (Å²) in [5.41, 5.74) is 0. The van der Waals surface area contributed by atoms with Crippen molar-refractivity contribution in [1.29, 1.82) is 5.26 Å². The molecule has 0 heterocycles. The highest BCUT2D eigenvalue weighted by atomic mass is 19.1. The highest BCUT2D eigenvalue weighted by Gasteiger charge is 1.88. The van der Waals surface area contributed by atoms with Crippen LogP contribution in [0.25, 0.3) is 0 Å². The second-order valence-electron chi connectivity index (χ2n) is 1.44. The molecule has 0 saturated carbocycles. The van der Waals surface area contributed by atoms with E-state index in [0.717, 1.165) is 6.07 Å². The Morgan fingerprint density at radius 3 is 1.70 bits per heavy atom. The van der Waals surface area contributed by atoms with Gasteiger partial charge in [0.25, 0.3) is 0 Å². The first kappa shape index (κ1) is 8.57. The smallest absolute Gasteiger partial charge is 0.126 e. The molecule has 0 aliphatic rings. The molecule has 0 fully saturated rings. The Morgan fingerprint density at radius 1 is 1.10 bits per heavy atom. The van der Waals surface area contributed by atoms with Gasteiger partial charge in [-0.15, -0.1) is 0 Å². The van der Waals surface area contributed by atoms with Crippen LogP contribution in [-0.2, 0) is 0 Å². The molecule has 1 rings (SSSR count). The first-order valence-corrected chi connectivity index (χ1v) is 2.46. The van der Waals surface area contributed by atoms with Gasteiger partial charge < -0.3 is 0 Å². The zero-order valence-electron chi connectivity index (χ0n) is 5.09. The summed E-state index contributed by atoms with van der Waals surface area (Å²) >= 11 is 0. The third-order valence-corrected chi connectivity index (χ3v) is 0.787. The maximum atomic E-state index is 11.9. The van der Waals surface area contributed by atoms with E-state index in [0.29, 0.717) is 0 Å². The summed E-state index contributed by atoms with van der Waals surface area (Å²) in [6, 6.07) is 4.55. The molecule has 0 aromatic heterocycles. The summed E-state index contributed by atoms with van der Waals surface area (Å²) < 4.78 is 23.9. The number of nitriles is 1. The molecule has 0 radical (unpaired) electrons. The van der Waals surface area contributed by atoms with Gasteiger partial charge in [-0.2, -0.15) is 0 Å². The third kappa shape index (κ3) is 2.78. The molecule has 0 aliphatic carbocycles. The Balaban J connectivity index is 0.000000371. The fourth-order valence-corrected chi connectivity index (χ4v) is 0.460. The van der Waals surface area contributed by atoms with Gasteiger partial charge in [0.05, 0.1) is 0 Å². The van der Waals surface area contributed by atoms with Gasteiger partial charge in [-0.1, -0.05) is 6.07 Å². The van der Waals surface area contributed by atoms with Crippen molar-refractivity contribution in [2.24, 2.45) is 0 Å². The van der Waals surface area contributed by atoms with Gasteiger partial charge in [0, 0.05) is 12.6 Å². The number of nitrogens with zero attached hydrogens (tertiary/aromatic N) is 1. The van der Waals surface area contributed by atoms with Crippen molar-refractivity contribution in [3.8, 4) is 6.57 Å². The van der Waals surface area contributed by atoms with Crippen LogP contribution in [0.2, 0.25) is 0 Å². The number of hydrogen-bond donors (Lipinski definition) is 0. The molecule has 0 saturated heterocycles. The van der Waals surface area contributed by atoms with Crippen LogP contribution in [0.15, 0.2) is 24.3 Å². The minimum absolute atomic E-state index is 0.537. The molecular weight excluding hydrogens is 136 g/mol. The summed E-state index contributed by atoms with van der Waals surface area (Å²) in [7, 11) is 0. The first-order valence-electron chi connectivity index (χ1n) is 2.46. The number of halogens is 2. The van der Waals surface area contributed by atoms with Crippen LogP contribution in [0.3, 0.4) is 0 Å². The summed E-state index contributed by atoms with van der Waals surface area (Å²) in [6.45, 7) is 3.50. The van der Waals surface area contributed by atoms with Crippen molar-refractivity contribution >= 4 is 0 Å². The zero-order valence-corrected chi connectivity index (χ0v) is 5.09. The standard InChI is InChI=1S/C6H4F2.CHN/c7-5-2-1-3-6(8)4-5;1-2/h1-4H;1H. The summed E-state index contributed by atoms with van der Waals surface area (Å²) in [4.78, 5) is 0. The van der Waals surface area contributed by atoms with Gasteiger partial charge >= 0.3 is 0 Å². The van der Waals surface area contributed by atoms with Crippen molar-refractivity contribution in [3.63, 3.8) is 0 Å². The predicted octanol–water partition coefficient (Wildman–Crippen LogP) is 2.10. The van der Waals surface area contributed by atoms with Crippen molar-refractivity contribution in [2.45, 2.75) is 0 Å². The highest BCUT2D eigenvalue weighted by molar-refractivity contribution is 5.04. The fourth-order valence-electron chi connectivity index (χ4n) is 0.460. The topological polar surface area (TPSA) is 23.8 Å². The van der Waals surface area contributed by atoms with Crippen LogP contribution in [0.4, 0.5) is 8.78 Å². The Hall–Kier alpha value is -1.43. The van der Waals surface area contributed by atoms with E-state index < -0.39 is 11.6 Å². The molecule has 0 aliphatic heterocycles. The molecule has 10 heavy (non-hydrogen) atoms. The number of hydrogen-bond acceptors (Lipinski definition) is 1. The van der Waals surface area contributed by atoms with Crippen LogP contribution in [0.5, 0.6) is 0 Å². The molecule has 1 aromatic carbocycles. The normalized spacial score (nSPS) is 7.60. The molecule has 1 aromatic rings. The van der Waals surface area contributed by atoms with Gasteiger partial charge in [-0.25, -0.2) is 14.0 Å². The van der Waals surface area contributed by atoms with Crippen LogP contribution in [0, 0.1) is 23.5 Å². The molecule has 1 nitrogen and oxygen atoms in total. The maximum Gasteiger partial charge on any atom is 0.126 e. The summed E-state index contributed by atoms with van der Waals surface area (Å²) in [5.74, 6) is -1.07. The SMILES string of the molecule is C#N.Fc1cccc(F)c1. The number of benzene rings is 1. The fraction of sp³-hybridized carbons (Fsp3) is 0. The quantitative estimate of drug-likeness (QED) is 0.542. The van der Waals surface area contributed by atoms with E-state index in [9.17, 15) is 8.78 Å². The van der Waals surface area contributed by atoms with Crippen molar-refractivity contribution in [3.05, 3.63) is 35.9 Å². The summed E-state index contributed by atoms with van der Waals surface area (Å²) in [5, 5.41) is 6.50. The Kier molecular flexibility index (Phi) is 3.81. The lowest BCUT2D eigenvalue weighted by Gasteiger charge is -1.84. The highest BCUT2D eigenvalue weighted by Crippen LogP contribution is 1.99. The molecule has 52 valence electrons. The molecule has 0 amide bonds. The lowest BCUT2D eigenvalue weighted by Crippen LogP contribution is -1.73. The van der Waals surface area contributed by atoms with Crippen molar-refractivity contribution in [1.82, 2.24) is 0 Å². The first-order chi connectivity index (χ1) is 4.79. The van der Waals surface area contributed by atoms with Crippen LogP contribution in [-0.4, -0.2) is 0 Å². The van der Waals surface area contributed by atoms with Gasteiger partial charge in [0.15, 0.2) is 0 Å². The molecule has 0 unspecified atom stereocenters. The minimum Gasteiger partial charge on any atom is -0.207 e. The lowest BCUT2D eigenvalue weighted by atomic mass is 10.3.